The van der Waals surface area contributed by atoms with Gasteiger partial charge in [-0.2, -0.15) is 0 Å². The van der Waals surface area contributed by atoms with E-state index in [1.165, 1.54) is 11.8 Å². The number of rotatable bonds is 22. The molecule has 0 bridgehead atoms. The van der Waals surface area contributed by atoms with Crippen molar-refractivity contribution in [3.63, 3.8) is 0 Å². The molecule has 1 aromatic heterocycles. The molecule has 0 saturated carbocycles. The van der Waals surface area contributed by atoms with E-state index < -0.39 is 12.0 Å². The summed E-state index contributed by atoms with van der Waals surface area (Å²) >= 11 is 0. The number of hydrogen-bond acceptors (Lipinski definition) is 10. The number of aromatic nitrogens is 1. The molecule has 1 unspecified atom stereocenters. The average molecular weight is 664 g/mol. The number of ether oxygens (including phenoxy) is 3. The van der Waals surface area contributed by atoms with Gasteiger partial charge in [0.25, 0.3) is 5.91 Å². The van der Waals surface area contributed by atoms with Crippen molar-refractivity contribution >= 4 is 47.0 Å². The maximum Gasteiger partial charge on any atom is 0.328 e. The highest BCUT2D eigenvalue weighted by atomic mass is 16.5. The Morgan fingerprint density at radius 1 is 0.957 bits per heavy atom. The van der Waals surface area contributed by atoms with Crippen LogP contribution in [0.15, 0.2) is 12.3 Å². The number of nitrogens with one attached hydrogen (secondary N) is 3. The topological polar surface area (TPSA) is 191 Å². The van der Waals surface area contributed by atoms with Gasteiger partial charge in [-0.15, -0.1) is 0 Å². The molecule has 0 aromatic carbocycles. The summed E-state index contributed by atoms with van der Waals surface area (Å²) in [6.45, 7) is 8.14. The molecule has 47 heavy (non-hydrogen) atoms. The minimum absolute atomic E-state index is 0.0352. The molecule has 0 spiro atoms. The molecule has 0 radical (unpaired) electrons. The summed E-state index contributed by atoms with van der Waals surface area (Å²) in [6.07, 6.45) is 3.19. The highest BCUT2D eigenvalue weighted by Crippen LogP contribution is 2.19. The van der Waals surface area contributed by atoms with Gasteiger partial charge in [0.1, 0.15) is 17.5 Å². The van der Waals surface area contributed by atoms with Crippen LogP contribution in [0.5, 0.6) is 0 Å². The van der Waals surface area contributed by atoms with Crippen molar-refractivity contribution in [2.24, 2.45) is 18.9 Å². The summed E-state index contributed by atoms with van der Waals surface area (Å²) in [6, 6.07) is 0.730. The zero-order valence-electron chi connectivity index (χ0n) is 28.1. The van der Waals surface area contributed by atoms with E-state index >= 15 is 0 Å². The van der Waals surface area contributed by atoms with Crippen LogP contribution in [0.25, 0.3) is 0 Å². The molecule has 5 amide bonds. The van der Waals surface area contributed by atoms with Crippen molar-refractivity contribution in [1.82, 2.24) is 20.1 Å². The predicted molar refractivity (Wildman–Crippen MR) is 170 cm³/mol. The Kier molecular flexibility index (Phi) is 16.8. The molecular formula is C32H49N5O10. The first-order valence-corrected chi connectivity index (χ1v) is 16.0. The SMILES string of the molecule is CC(=O)Nc1cc(C(=O)NCCCOC(=O)[C@@H](NC(=O)CCOCCOCCCC(=O)CCN2C(=O)CC(C)C2=O)C(C)C)n(C)c1. The van der Waals surface area contributed by atoms with Crippen molar-refractivity contribution in [3.8, 4) is 0 Å². The number of likely N-dealkylation sites (tertiary alicyclic amines) is 1. The van der Waals surface area contributed by atoms with Gasteiger partial charge in [-0.25, -0.2) is 4.79 Å². The third-order valence-electron chi connectivity index (χ3n) is 7.32. The Morgan fingerprint density at radius 2 is 1.66 bits per heavy atom. The molecule has 1 fully saturated rings. The monoisotopic (exact) mass is 663 g/mol. The molecule has 2 atom stereocenters. The first-order valence-electron chi connectivity index (χ1n) is 16.0. The van der Waals surface area contributed by atoms with Crippen molar-refractivity contribution in [3.05, 3.63) is 18.0 Å². The number of amides is 5. The van der Waals surface area contributed by atoms with Gasteiger partial charge in [-0.1, -0.05) is 20.8 Å². The van der Waals surface area contributed by atoms with Crippen molar-refractivity contribution in [2.45, 2.75) is 72.3 Å². The minimum atomic E-state index is -0.835. The summed E-state index contributed by atoms with van der Waals surface area (Å²) in [5, 5.41) is 8.05. The number of esters is 1. The standard InChI is InChI=1S/C32H49N5O10/c1-21(2)29(32(44)47-14-7-11-33-30(42)26-19-24(20-36(26)5)34-23(4)38)35-27(40)10-15-46-17-16-45-13-6-8-25(39)9-12-37-28(41)18-22(3)31(37)43/h19-22,29H,6-18H2,1-5H3,(H,33,42)(H,34,38)(H,35,40)/t22?,29-/m0/s1. The summed E-state index contributed by atoms with van der Waals surface area (Å²) in [5.74, 6) is -2.51. The van der Waals surface area contributed by atoms with Crippen LogP contribution in [0.4, 0.5) is 5.69 Å². The molecule has 262 valence electrons. The van der Waals surface area contributed by atoms with Gasteiger partial charge in [0.2, 0.25) is 23.6 Å². The Hall–Kier alpha value is -4.11. The highest BCUT2D eigenvalue weighted by molar-refractivity contribution is 6.03. The lowest BCUT2D eigenvalue weighted by Crippen LogP contribution is -2.45. The number of imide groups is 1. The van der Waals surface area contributed by atoms with Gasteiger partial charge in [0.15, 0.2) is 0 Å². The zero-order chi connectivity index (χ0) is 34.9. The van der Waals surface area contributed by atoms with Crippen LogP contribution in [0.3, 0.4) is 0 Å². The largest absolute Gasteiger partial charge is 0.464 e. The first kappa shape index (κ1) is 39.1. The Bertz CT molecular complexity index is 1260. The minimum Gasteiger partial charge on any atom is -0.464 e. The summed E-state index contributed by atoms with van der Waals surface area (Å²) in [5.41, 5.74) is 0.883. The van der Waals surface area contributed by atoms with Crippen LogP contribution < -0.4 is 16.0 Å². The predicted octanol–water partition coefficient (Wildman–Crippen LogP) is 1.35. The van der Waals surface area contributed by atoms with Crippen LogP contribution in [0.1, 0.15) is 76.7 Å². The fraction of sp³-hybridized carbons (Fsp3) is 0.656. The van der Waals surface area contributed by atoms with Crippen molar-refractivity contribution in [1.29, 1.82) is 0 Å². The number of ketones is 1. The van der Waals surface area contributed by atoms with Gasteiger partial charge in [0.05, 0.1) is 32.1 Å². The highest BCUT2D eigenvalue weighted by Gasteiger charge is 2.35. The van der Waals surface area contributed by atoms with E-state index in [1.54, 1.807) is 44.6 Å². The van der Waals surface area contributed by atoms with Crippen LogP contribution in [0, 0.1) is 11.8 Å². The summed E-state index contributed by atoms with van der Waals surface area (Å²) < 4.78 is 17.8. The number of carbonyl (C=O) groups is 7. The average Bonchev–Trinajstić information content (AvgIpc) is 3.48. The Morgan fingerprint density at radius 3 is 2.30 bits per heavy atom. The molecule has 1 aliphatic rings. The summed E-state index contributed by atoms with van der Waals surface area (Å²) in [4.78, 5) is 85.5. The molecular weight excluding hydrogens is 614 g/mol. The van der Waals surface area contributed by atoms with Gasteiger partial charge in [-0.3, -0.25) is 33.7 Å². The molecule has 0 aliphatic carbocycles. The van der Waals surface area contributed by atoms with E-state index in [0.717, 1.165) is 0 Å². The summed E-state index contributed by atoms with van der Waals surface area (Å²) in [7, 11) is 1.69. The number of carbonyl (C=O) groups excluding carboxylic acids is 7. The fourth-order valence-electron chi connectivity index (χ4n) is 4.74. The molecule has 2 rings (SSSR count). The second kappa shape index (κ2) is 20.2. The molecule has 2 heterocycles. The van der Waals surface area contributed by atoms with E-state index in [4.69, 9.17) is 14.2 Å². The third-order valence-corrected chi connectivity index (χ3v) is 7.32. The number of nitrogens with zero attached hydrogens (tertiary/aromatic N) is 2. The lowest BCUT2D eigenvalue weighted by molar-refractivity contribution is -0.149. The van der Waals surface area contributed by atoms with E-state index in [0.29, 0.717) is 37.3 Å². The van der Waals surface area contributed by atoms with E-state index in [1.807, 2.05) is 0 Å². The molecule has 1 saturated heterocycles. The first-order chi connectivity index (χ1) is 22.3. The molecule has 1 aromatic rings. The maximum atomic E-state index is 12.6. The second-order valence-corrected chi connectivity index (χ2v) is 11.8. The quantitative estimate of drug-likeness (QED) is 0.0927. The molecule has 3 N–H and O–H groups in total. The Labute approximate surface area is 275 Å². The van der Waals surface area contributed by atoms with Crippen LogP contribution >= 0.6 is 0 Å². The third kappa shape index (κ3) is 14.0. The second-order valence-electron chi connectivity index (χ2n) is 11.8. The fourth-order valence-corrected chi connectivity index (χ4v) is 4.74. The van der Waals surface area contributed by atoms with E-state index in [-0.39, 0.29) is 106 Å². The van der Waals surface area contributed by atoms with E-state index in [9.17, 15) is 33.6 Å². The number of Topliss-reactive ketones (excluding diaryl/α,β-unsaturated/α-hetero) is 1. The van der Waals surface area contributed by atoms with Gasteiger partial charge in [-0.05, 0) is 24.8 Å². The number of hydrogen-bond donors (Lipinski definition) is 3. The lowest BCUT2D eigenvalue weighted by Gasteiger charge is -2.21. The molecule has 15 heteroatoms. The maximum absolute atomic E-state index is 12.6. The smallest absolute Gasteiger partial charge is 0.328 e. The lowest BCUT2D eigenvalue weighted by atomic mass is 10.0. The van der Waals surface area contributed by atoms with Crippen LogP contribution in [0.2, 0.25) is 0 Å². The van der Waals surface area contributed by atoms with E-state index in [2.05, 4.69) is 16.0 Å². The normalized spacial score (nSPS) is 15.1. The number of anilines is 1. The van der Waals surface area contributed by atoms with Crippen molar-refractivity contribution in [2.75, 3.05) is 51.4 Å². The van der Waals surface area contributed by atoms with Gasteiger partial charge in [0, 0.05) is 71.5 Å². The molecule has 1 aliphatic heterocycles. The van der Waals surface area contributed by atoms with Crippen molar-refractivity contribution < 1.29 is 47.8 Å². The zero-order valence-corrected chi connectivity index (χ0v) is 28.1. The molecule has 15 nitrogen and oxygen atoms in total. The van der Waals surface area contributed by atoms with Gasteiger partial charge >= 0.3 is 5.97 Å². The number of aryl methyl sites for hydroxylation is 1. The Balaban J connectivity index is 1.52. The van der Waals surface area contributed by atoms with Gasteiger partial charge < -0.3 is 34.7 Å². The van der Waals surface area contributed by atoms with Crippen LogP contribution in [-0.2, 0) is 50.0 Å². The van der Waals surface area contributed by atoms with Crippen LogP contribution in [-0.4, -0.2) is 103 Å².